The number of benzene rings is 2. The van der Waals surface area contributed by atoms with Gasteiger partial charge in [-0.05, 0) is 61.1 Å². The zero-order chi connectivity index (χ0) is 19.2. The van der Waals surface area contributed by atoms with Crippen LogP contribution >= 0.6 is 0 Å². The fourth-order valence-corrected chi connectivity index (χ4v) is 4.12. The number of nitrogens with one attached hydrogen (secondary N) is 2. The first-order chi connectivity index (χ1) is 12.9. The van der Waals surface area contributed by atoms with E-state index in [0.29, 0.717) is 12.1 Å². The third-order valence-electron chi connectivity index (χ3n) is 5.23. The molecular formula is C21H21N3O3. The molecule has 6 nitrogen and oxygen atoms in total. The molecule has 0 aromatic heterocycles. The van der Waals surface area contributed by atoms with E-state index in [1.165, 1.54) is 0 Å². The van der Waals surface area contributed by atoms with E-state index < -0.39 is 17.5 Å². The Balaban J connectivity index is 1.53. The van der Waals surface area contributed by atoms with Crippen molar-refractivity contribution in [1.29, 1.82) is 0 Å². The molecule has 0 unspecified atom stereocenters. The number of imide groups is 1. The lowest BCUT2D eigenvalue weighted by Gasteiger charge is -2.22. The minimum absolute atomic E-state index is 0.304. The number of fused-ring (bicyclic) bond motifs is 2. The smallest absolute Gasteiger partial charge is 0.325 e. The number of anilines is 1. The predicted molar refractivity (Wildman–Crippen MR) is 101 cm³/mol. The van der Waals surface area contributed by atoms with Crippen molar-refractivity contribution in [2.45, 2.75) is 32.2 Å². The molecule has 4 amide bonds. The van der Waals surface area contributed by atoms with Crippen LogP contribution in [-0.2, 0) is 21.5 Å². The average molecular weight is 363 g/mol. The Hall–Kier alpha value is -3.15. The van der Waals surface area contributed by atoms with Gasteiger partial charge < -0.3 is 10.6 Å². The molecule has 138 valence electrons. The number of carbonyl (C=O) groups excluding carboxylic acids is 3. The summed E-state index contributed by atoms with van der Waals surface area (Å²) in [4.78, 5) is 39.0. The van der Waals surface area contributed by atoms with Crippen molar-refractivity contribution in [3.63, 3.8) is 0 Å². The standard InChI is InChI=1S/C21H21N3O3/c1-13-9-14(2)11-16(10-13)22-18(25)12-24-19(26)21(23-20(24)27)8-7-15-5-3-4-6-17(15)21/h3-6,9-11H,7-8,12H2,1-2H3,(H,22,25)(H,23,27)/t21-/m1/s1. The molecule has 2 aliphatic rings. The number of amides is 4. The number of aryl methyl sites for hydroxylation is 3. The van der Waals surface area contributed by atoms with Crippen LogP contribution in [0.15, 0.2) is 42.5 Å². The summed E-state index contributed by atoms with van der Waals surface area (Å²) in [6, 6.07) is 12.8. The van der Waals surface area contributed by atoms with Crippen LogP contribution in [0.3, 0.4) is 0 Å². The second kappa shape index (κ2) is 6.23. The van der Waals surface area contributed by atoms with Gasteiger partial charge in [0.25, 0.3) is 5.91 Å². The maximum Gasteiger partial charge on any atom is 0.325 e. The van der Waals surface area contributed by atoms with Crippen molar-refractivity contribution >= 4 is 23.5 Å². The second-order valence-electron chi connectivity index (χ2n) is 7.31. The maximum atomic E-state index is 13.1. The van der Waals surface area contributed by atoms with Crippen LogP contribution in [-0.4, -0.2) is 29.3 Å². The Kier molecular flexibility index (Phi) is 3.98. The van der Waals surface area contributed by atoms with Crippen molar-refractivity contribution in [2.24, 2.45) is 0 Å². The Bertz CT molecular complexity index is 949. The molecule has 1 saturated heterocycles. The average Bonchev–Trinajstić information content (AvgIpc) is 3.08. The fraction of sp³-hybridized carbons (Fsp3) is 0.286. The van der Waals surface area contributed by atoms with Crippen LogP contribution in [0.5, 0.6) is 0 Å². The van der Waals surface area contributed by atoms with E-state index in [9.17, 15) is 14.4 Å². The number of carbonyl (C=O) groups is 3. The number of hydrogen-bond acceptors (Lipinski definition) is 3. The summed E-state index contributed by atoms with van der Waals surface area (Å²) < 4.78 is 0. The Morgan fingerprint density at radius 3 is 2.59 bits per heavy atom. The lowest BCUT2D eigenvalue weighted by molar-refractivity contribution is -0.134. The van der Waals surface area contributed by atoms with Crippen molar-refractivity contribution in [3.8, 4) is 0 Å². The minimum atomic E-state index is -1.03. The van der Waals surface area contributed by atoms with Crippen LogP contribution in [0, 0.1) is 13.8 Å². The first-order valence-electron chi connectivity index (χ1n) is 9.00. The molecule has 1 heterocycles. The number of rotatable bonds is 3. The van der Waals surface area contributed by atoms with E-state index in [1.54, 1.807) is 0 Å². The number of nitrogens with zero attached hydrogens (tertiary/aromatic N) is 1. The van der Waals surface area contributed by atoms with E-state index in [2.05, 4.69) is 10.6 Å². The summed E-state index contributed by atoms with van der Waals surface area (Å²) in [6.45, 7) is 3.59. The van der Waals surface area contributed by atoms with Crippen molar-refractivity contribution in [1.82, 2.24) is 10.2 Å². The lowest BCUT2D eigenvalue weighted by atomic mass is 9.92. The molecule has 1 fully saturated rings. The van der Waals surface area contributed by atoms with Crippen LogP contribution in [0.4, 0.5) is 10.5 Å². The highest BCUT2D eigenvalue weighted by molar-refractivity contribution is 6.10. The summed E-state index contributed by atoms with van der Waals surface area (Å²) in [5.41, 5.74) is 3.58. The summed E-state index contributed by atoms with van der Waals surface area (Å²) >= 11 is 0. The highest BCUT2D eigenvalue weighted by Crippen LogP contribution is 2.41. The molecule has 1 aliphatic heterocycles. The van der Waals surface area contributed by atoms with E-state index in [4.69, 9.17) is 0 Å². The molecule has 0 bridgehead atoms. The van der Waals surface area contributed by atoms with Gasteiger partial charge in [-0.25, -0.2) is 4.79 Å². The van der Waals surface area contributed by atoms with E-state index in [1.807, 2.05) is 56.3 Å². The molecule has 0 radical (unpaired) electrons. The minimum Gasteiger partial charge on any atom is -0.325 e. The Morgan fingerprint density at radius 1 is 1.15 bits per heavy atom. The van der Waals surface area contributed by atoms with Crippen LogP contribution in [0.2, 0.25) is 0 Å². The largest absolute Gasteiger partial charge is 0.325 e. The number of urea groups is 1. The quantitative estimate of drug-likeness (QED) is 0.823. The first kappa shape index (κ1) is 17.3. The summed E-state index contributed by atoms with van der Waals surface area (Å²) in [5.74, 6) is -0.750. The zero-order valence-corrected chi connectivity index (χ0v) is 15.3. The summed E-state index contributed by atoms with van der Waals surface area (Å²) in [5, 5.41) is 5.61. The van der Waals surface area contributed by atoms with Crippen LogP contribution in [0.1, 0.15) is 28.7 Å². The van der Waals surface area contributed by atoms with E-state index in [0.717, 1.165) is 33.6 Å². The summed E-state index contributed by atoms with van der Waals surface area (Å²) in [6.07, 6.45) is 1.25. The van der Waals surface area contributed by atoms with Gasteiger partial charge in [0.05, 0.1) is 0 Å². The van der Waals surface area contributed by atoms with Gasteiger partial charge in [-0.1, -0.05) is 30.3 Å². The molecule has 1 spiro atoms. The third-order valence-corrected chi connectivity index (χ3v) is 5.23. The molecule has 2 aromatic rings. The monoisotopic (exact) mass is 363 g/mol. The summed E-state index contributed by atoms with van der Waals surface area (Å²) in [7, 11) is 0. The van der Waals surface area contributed by atoms with Gasteiger partial charge in [0.1, 0.15) is 12.1 Å². The molecule has 6 heteroatoms. The normalized spacial score (nSPS) is 20.7. The molecule has 1 aliphatic carbocycles. The van der Waals surface area contributed by atoms with Gasteiger partial charge in [-0.3, -0.25) is 14.5 Å². The van der Waals surface area contributed by atoms with E-state index >= 15 is 0 Å². The van der Waals surface area contributed by atoms with Crippen molar-refractivity contribution < 1.29 is 14.4 Å². The van der Waals surface area contributed by atoms with Gasteiger partial charge in [-0.2, -0.15) is 0 Å². The number of hydrogen-bond donors (Lipinski definition) is 2. The van der Waals surface area contributed by atoms with Crippen LogP contribution in [0.25, 0.3) is 0 Å². The van der Waals surface area contributed by atoms with Gasteiger partial charge in [0, 0.05) is 5.69 Å². The highest BCUT2D eigenvalue weighted by atomic mass is 16.2. The first-order valence-corrected chi connectivity index (χ1v) is 9.00. The van der Waals surface area contributed by atoms with E-state index in [-0.39, 0.29) is 12.5 Å². The Morgan fingerprint density at radius 2 is 1.85 bits per heavy atom. The van der Waals surface area contributed by atoms with Gasteiger partial charge in [0.15, 0.2) is 0 Å². The van der Waals surface area contributed by atoms with Gasteiger partial charge >= 0.3 is 6.03 Å². The van der Waals surface area contributed by atoms with Gasteiger partial charge in [0.2, 0.25) is 5.91 Å². The Labute approximate surface area is 157 Å². The topological polar surface area (TPSA) is 78.5 Å². The van der Waals surface area contributed by atoms with Crippen LogP contribution < -0.4 is 10.6 Å². The predicted octanol–water partition coefficient (Wildman–Crippen LogP) is 2.64. The molecule has 0 saturated carbocycles. The van der Waals surface area contributed by atoms with Crippen molar-refractivity contribution in [2.75, 3.05) is 11.9 Å². The fourth-order valence-electron chi connectivity index (χ4n) is 4.12. The second-order valence-corrected chi connectivity index (χ2v) is 7.31. The lowest BCUT2D eigenvalue weighted by Crippen LogP contribution is -2.43. The molecule has 4 rings (SSSR count). The molecule has 27 heavy (non-hydrogen) atoms. The SMILES string of the molecule is Cc1cc(C)cc(NC(=O)CN2C(=O)N[C@@]3(CCc4ccccc43)C2=O)c1. The third kappa shape index (κ3) is 2.87. The van der Waals surface area contributed by atoms with Gasteiger partial charge in [-0.15, -0.1) is 0 Å². The highest BCUT2D eigenvalue weighted by Gasteiger charge is 2.55. The van der Waals surface area contributed by atoms with Crippen molar-refractivity contribution in [3.05, 3.63) is 64.7 Å². The molecular weight excluding hydrogens is 342 g/mol. The maximum absolute atomic E-state index is 13.1. The zero-order valence-electron chi connectivity index (χ0n) is 15.3. The molecule has 2 aromatic carbocycles. The molecule has 2 N–H and O–H groups in total. The molecule has 1 atom stereocenters.